The number of rotatable bonds is 3. The molecular formula is C12H12BrN5O. The zero-order chi connectivity index (χ0) is 14.0. The van der Waals surface area contributed by atoms with Gasteiger partial charge in [0.25, 0.3) is 5.56 Å². The molecule has 2 aromatic rings. The fraction of sp³-hybridized carbons (Fsp3) is 0.333. The average molecular weight is 322 g/mol. The van der Waals surface area contributed by atoms with Gasteiger partial charge < -0.3 is 4.57 Å². The van der Waals surface area contributed by atoms with Crippen molar-refractivity contribution in [3.8, 4) is 6.07 Å². The summed E-state index contributed by atoms with van der Waals surface area (Å²) in [5.74, 6) is 0.690. The highest BCUT2D eigenvalue weighted by molar-refractivity contribution is 9.10. The lowest BCUT2D eigenvalue weighted by molar-refractivity contribution is 0.579. The van der Waals surface area contributed by atoms with Crippen molar-refractivity contribution in [1.29, 1.82) is 5.26 Å². The largest absolute Gasteiger partial charge is 0.303 e. The van der Waals surface area contributed by atoms with Crippen LogP contribution in [-0.4, -0.2) is 19.3 Å². The maximum atomic E-state index is 12.2. The predicted molar refractivity (Wildman–Crippen MR) is 72.7 cm³/mol. The molecule has 0 atom stereocenters. The average Bonchev–Trinajstić information content (AvgIpc) is 2.86. The zero-order valence-electron chi connectivity index (χ0n) is 10.6. The first-order valence-electron chi connectivity index (χ1n) is 5.75. The van der Waals surface area contributed by atoms with Gasteiger partial charge >= 0.3 is 0 Å². The van der Waals surface area contributed by atoms with E-state index in [-0.39, 0.29) is 11.1 Å². The summed E-state index contributed by atoms with van der Waals surface area (Å²) in [6, 6.07) is 3.45. The van der Waals surface area contributed by atoms with E-state index in [1.165, 1.54) is 10.9 Å². The molecule has 0 N–H and O–H groups in total. The second-order valence-electron chi connectivity index (χ2n) is 3.99. The highest BCUT2D eigenvalue weighted by Crippen LogP contribution is 2.15. The number of pyridine rings is 1. The minimum Gasteiger partial charge on any atom is -0.303 e. The molecule has 0 saturated heterocycles. The fourth-order valence-corrected chi connectivity index (χ4v) is 2.25. The Labute approximate surface area is 118 Å². The molecule has 0 aromatic carbocycles. The lowest BCUT2D eigenvalue weighted by Gasteiger charge is -2.12. The number of hydrogen-bond acceptors (Lipinski definition) is 4. The molecule has 0 fully saturated rings. The molecule has 19 heavy (non-hydrogen) atoms. The van der Waals surface area contributed by atoms with Crippen LogP contribution < -0.4 is 5.56 Å². The molecule has 2 heterocycles. The van der Waals surface area contributed by atoms with Crippen molar-refractivity contribution in [2.45, 2.75) is 26.9 Å². The third kappa shape index (κ3) is 2.44. The number of nitriles is 1. The number of halogens is 1. The van der Waals surface area contributed by atoms with Crippen LogP contribution in [0.1, 0.15) is 24.0 Å². The van der Waals surface area contributed by atoms with Crippen molar-refractivity contribution in [1.82, 2.24) is 19.3 Å². The normalized spacial score (nSPS) is 10.4. The van der Waals surface area contributed by atoms with Gasteiger partial charge in [0.05, 0.1) is 6.54 Å². The van der Waals surface area contributed by atoms with Gasteiger partial charge in [0, 0.05) is 16.7 Å². The molecule has 0 amide bonds. The Kier molecular flexibility index (Phi) is 3.81. The lowest BCUT2D eigenvalue weighted by atomic mass is 10.2. The molecule has 0 aliphatic rings. The van der Waals surface area contributed by atoms with Crippen LogP contribution in [0.2, 0.25) is 0 Å². The Morgan fingerprint density at radius 3 is 2.89 bits per heavy atom. The van der Waals surface area contributed by atoms with Gasteiger partial charge in [-0.2, -0.15) is 10.4 Å². The fourth-order valence-electron chi connectivity index (χ4n) is 1.81. The van der Waals surface area contributed by atoms with Gasteiger partial charge in [-0.05, 0) is 35.8 Å². The summed E-state index contributed by atoms with van der Waals surface area (Å²) in [6.07, 6.45) is 1.46. The van der Waals surface area contributed by atoms with Crippen molar-refractivity contribution in [3.05, 3.63) is 44.3 Å². The molecule has 2 aromatic heterocycles. The summed E-state index contributed by atoms with van der Waals surface area (Å²) in [5.41, 5.74) is 0.559. The van der Waals surface area contributed by atoms with Gasteiger partial charge in [-0.3, -0.25) is 4.79 Å². The Balaban J connectivity index is 2.55. The first-order valence-corrected chi connectivity index (χ1v) is 6.54. The summed E-state index contributed by atoms with van der Waals surface area (Å²) >= 11 is 3.36. The molecular weight excluding hydrogens is 310 g/mol. The van der Waals surface area contributed by atoms with Gasteiger partial charge in [-0.25, -0.2) is 9.67 Å². The first-order chi connectivity index (χ1) is 9.08. The standard InChI is InChI=1S/C12H12BrN5O/c1-3-18-11(15-7-16-18)6-17-8(2)10(13)4-9(5-14)12(17)19/h4,7H,3,6H2,1-2H3. The summed E-state index contributed by atoms with van der Waals surface area (Å²) in [4.78, 5) is 16.3. The van der Waals surface area contributed by atoms with Gasteiger partial charge in [0.15, 0.2) is 0 Å². The molecule has 0 radical (unpaired) electrons. The van der Waals surface area contributed by atoms with E-state index in [9.17, 15) is 4.79 Å². The summed E-state index contributed by atoms with van der Waals surface area (Å²) in [5, 5.41) is 13.0. The first kappa shape index (κ1) is 13.5. The summed E-state index contributed by atoms with van der Waals surface area (Å²) in [7, 11) is 0. The molecule has 0 unspecified atom stereocenters. The molecule has 2 rings (SSSR count). The van der Waals surface area contributed by atoms with E-state index >= 15 is 0 Å². The van der Waals surface area contributed by atoms with E-state index < -0.39 is 0 Å². The van der Waals surface area contributed by atoms with Crippen LogP contribution in [0.25, 0.3) is 0 Å². The smallest absolute Gasteiger partial charge is 0.269 e. The van der Waals surface area contributed by atoms with Crippen molar-refractivity contribution in [2.24, 2.45) is 0 Å². The third-order valence-electron chi connectivity index (χ3n) is 2.91. The van der Waals surface area contributed by atoms with E-state index in [4.69, 9.17) is 5.26 Å². The van der Waals surface area contributed by atoms with Crippen LogP contribution in [0.5, 0.6) is 0 Å². The molecule has 6 nitrogen and oxygen atoms in total. The highest BCUT2D eigenvalue weighted by Gasteiger charge is 2.13. The number of aryl methyl sites for hydroxylation is 1. The van der Waals surface area contributed by atoms with Gasteiger partial charge in [0.1, 0.15) is 23.8 Å². The van der Waals surface area contributed by atoms with Crippen molar-refractivity contribution in [2.75, 3.05) is 0 Å². The van der Waals surface area contributed by atoms with Crippen LogP contribution >= 0.6 is 15.9 Å². The van der Waals surface area contributed by atoms with Crippen LogP contribution in [0.15, 0.2) is 21.7 Å². The SMILES string of the molecule is CCn1ncnc1Cn1c(C)c(Br)cc(C#N)c1=O. The Bertz CT molecular complexity index is 710. The maximum Gasteiger partial charge on any atom is 0.269 e. The Morgan fingerprint density at radius 2 is 2.26 bits per heavy atom. The van der Waals surface area contributed by atoms with Crippen LogP contribution in [0, 0.1) is 18.3 Å². The predicted octanol–water partition coefficient (Wildman–Crippen LogP) is 1.45. The number of aromatic nitrogens is 4. The van der Waals surface area contributed by atoms with Crippen molar-refractivity contribution >= 4 is 15.9 Å². The maximum absolute atomic E-state index is 12.2. The van der Waals surface area contributed by atoms with Crippen molar-refractivity contribution in [3.63, 3.8) is 0 Å². The van der Waals surface area contributed by atoms with E-state index in [2.05, 4.69) is 26.0 Å². The highest BCUT2D eigenvalue weighted by atomic mass is 79.9. The van der Waals surface area contributed by atoms with E-state index in [1.807, 2.05) is 19.9 Å². The Hall–Kier alpha value is -1.94. The topological polar surface area (TPSA) is 76.5 Å². The molecule has 98 valence electrons. The summed E-state index contributed by atoms with van der Waals surface area (Å²) < 4.78 is 3.98. The number of hydrogen-bond donors (Lipinski definition) is 0. The minimum atomic E-state index is -0.311. The van der Waals surface area contributed by atoms with E-state index in [1.54, 1.807) is 10.7 Å². The third-order valence-corrected chi connectivity index (χ3v) is 3.72. The van der Waals surface area contributed by atoms with Gasteiger partial charge in [0.2, 0.25) is 0 Å². The second kappa shape index (κ2) is 5.36. The Morgan fingerprint density at radius 1 is 1.53 bits per heavy atom. The molecule has 7 heteroatoms. The lowest BCUT2D eigenvalue weighted by Crippen LogP contribution is -2.27. The molecule has 0 aliphatic heterocycles. The molecule has 0 bridgehead atoms. The number of nitrogens with zero attached hydrogens (tertiary/aromatic N) is 5. The summed E-state index contributed by atoms with van der Waals surface area (Å²) in [6.45, 7) is 4.75. The second-order valence-corrected chi connectivity index (χ2v) is 4.84. The van der Waals surface area contributed by atoms with Crippen molar-refractivity contribution < 1.29 is 0 Å². The quantitative estimate of drug-likeness (QED) is 0.857. The monoisotopic (exact) mass is 321 g/mol. The molecule has 0 saturated carbocycles. The van der Waals surface area contributed by atoms with Gasteiger partial charge in [-0.1, -0.05) is 0 Å². The van der Waals surface area contributed by atoms with Gasteiger partial charge in [-0.15, -0.1) is 0 Å². The van der Waals surface area contributed by atoms with Crippen LogP contribution in [0.3, 0.4) is 0 Å². The zero-order valence-corrected chi connectivity index (χ0v) is 12.2. The van der Waals surface area contributed by atoms with E-state index in [0.717, 1.165) is 10.2 Å². The molecule has 0 spiro atoms. The molecule has 0 aliphatic carbocycles. The van der Waals surface area contributed by atoms with E-state index in [0.29, 0.717) is 18.9 Å². The minimum absolute atomic E-state index is 0.111. The van der Waals surface area contributed by atoms with Crippen LogP contribution in [-0.2, 0) is 13.1 Å². The van der Waals surface area contributed by atoms with Crippen LogP contribution in [0.4, 0.5) is 0 Å².